The fraction of sp³-hybridized carbons (Fsp3) is 0.0769. The predicted octanol–water partition coefficient (Wildman–Crippen LogP) is 2.75. The smallest absolute Gasteiger partial charge is 0.405 e. The number of carbonyl (C=O) groups is 1. The summed E-state index contributed by atoms with van der Waals surface area (Å²) in [4.78, 5) is 15.3. The summed E-state index contributed by atoms with van der Waals surface area (Å²) in [7, 11) is 0. The van der Waals surface area contributed by atoms with Gasteiger partial charge in [0.15, 0.2) is 0 Å². The first kappa shape index (κ1) is 13.9. The normalized spacial score (nSPS) is 11.2. The molecule has 0 unspecified atom stereocenters. The van der Waals surface area contributed by atoms with Crippen molar-refractivity contribution in [1.82, 2.24) is 4.98 Å². The van der Waals surface area contributed by atoms with Gasteiger partial charge in [-0.05, 0) is 6.07 Å². The lowest BCUT2D eigenvalue weighted by Gasteiger charge is -2.14. The number of alkyl halides is 3. The summed E-state index contributed by atoms with van der Waals surface area (Å²) in [6.07, 6.45) is -3.80. The summed E-state index contributed by atoms with van der Waals surface area (Å²) in [5.41, 5.74) is 5.25. The van der Waals surface area contributed by atoms with Crippen LogP contribution in [-0.2, 0) is 0 Å². The highest BCUT2D eigenvalue weighted by Crippen LogP contribution is 2.31. The molecular weight excluding hydrogens is 273 g/mol. The molecule has 20 heavy (non-hydrogen) atoms. The number of halogens is 3. The van der Waals surface area contributed by atoms with Crippen molar-refractivity contribution in [3.05, 3.63) is 48.2 Å². The number of carbonyl (C=O) groups excluding carboxylic acids is 1. The van der Waals surface area contributed by atoms with Crippen molar-refractivity contribution >= 4 is 5.91 Å². The second-order valence-corrected chi connectivity index (χ2v) is 3.81. The Kier molecular flexibility index (Phi) is 3.60. The van der Waals surface area contributed by atoms with E-state index in [1.807, 2.05) is 0 Å². The molecular formula is C13H9F3N2O2. The molecule has 1 heterocycles. The highest BCUT2D eigenvalue weighted by atomic mass is 19.4. The first-order valence-electron chi connectivity index (χ1n) is 5.48. The van der Waals surface area contributed by atoms with Crippen LogP contribution in [0.4, 0.5) is 13.2 Å². The predicted molar refractivity (Wildman–Crippen MR) is 64.9 cm³/mol. The maximum absolute atomic E-state index is 12.3. The molecule has 0 saturated heterocycles. The lowest BCUT2D eigenvalue weighted by molar-refractivity contribution is -0.274. The second kappa shape index (κ2) is 5.20. The molecule has 0 spiro atoms. The molecule has 0 radical (unpaired) electrons. The molecule has 104 valence electrons. The zero-order valence-electron chi connectivity index (χ0n) is 10.0. The van der Waals surface area contributed by atoms with E-state index in [1.165, 1.54) is 0 Å². The molecule has 7 heteroatoms. The van der Waals surface area contributed by atoms with E-state index in [-0.39, 0.29) is 5.69 Å². The number of primary amides is 1. The van der Waals surface area contributed by atoms with Crippen LogP contribution in [-0.4, -0.2) is 17.3 Å². The minimum Gasteiger partial charge on any atom is -0.405 e. The maximum Gasteiger partial charge on any atom is 0.573 e. The number of hydrogen-bond acceptors (Lipinski definition) is 3. The van der Waals surface area contributed by atoms with Gasteiger partial charge in [0.25, 0.3) is 5.91 Å². The van der Waals surface area contributed by atoms with E-state index < -0.39 is 23.6 Å². The van der Waals surface area contributed by atoms with Crippen molar-refractivity contribution in [3.8, 4) is 17.0 Å². The van der Waals surface area contributed by atoms with E-state index in [1.54, 1.807) is 30.3 Å². The molecule has 0 aliphatic heterocycles. The van der Waals surface area contributed by atoms with Crippen molar-refractivity contribution in [3.63, 3.8) is 0 Å². The largest absolute Gasteiger partial charge is 0.573 e. The molecule has 0 bridgehead atoms. The highest BCUT2D eigenvalue weighted by Gasteiger charge is 2.33. The Morgan fingerprint density at radius 2 is 1.80 bits per heavy atom. The van der Waals surface area contributed by atoms with Crippen molar-refractivity contribution in [2.24, 2.45) is 5.73 Å². The molecule has 0 aliphatic carbocycles. The van der Waals surface area contributed by atoms with Crippen LogP contribution in [0.5, 0.6) is 5.75 Å². The first-order valence-corrected chi connectivity index (χ1v) is 5.48. The summed E-state index contributed by atoms with van der Waals surface area (Å²) in [5, 5.41) is 0. The summed E-state index contributed by atoms with van der Waals surface area (Å²) in [6.45, 7) is 0. The summed E-state index contributed by atoms with van der Waals surface area (Å²) >= 11 is 0. The Labute approximate surface area is 112 Å². The molecule has 0 atom stereocenters. The number of amides is 1. The molecule has 2 N–H and O–H groups in total. The summed E-state index contributed by atoms with van der Waals surface area (Å²) in [6, 6.07) is 9.21. The van der Waals surface area contributed by atoms with Crippen LogP contribution in [0.25, 0.3) is 11.3 Å². The molecule has 1 aromatic carbocycles. The molecule has 1 aromatic heterocycles. The Morgan fingerprint density at radius 1 is 1.15 bits per heavy atom. The molecule has 0 aliphatic rings. The molecule has 1 amide bonds. The van der Waals surface area contributed by atoms with Crippen LogP contribution in [0.3, 0.4) is 0 Å². The Hall–Kier alpha value is -2.57. The van der Waals surface area contributed by atoms with Crippen LogP contribution < -0.4 is 10.5 Å². The van der Waals surface area contributed by atoms with Gasteiger partial charge >= 0.3 is 6.36 Å². The molecule has 0 saturated carbocycles. The number of nitrogens with zero attached hydrogens (tertiary/aromatic N) is 1. The van der Waals surface area contributed by atoms with Gasteiger partial charge in [0.2, 0.25) is 0 Å². The van der Waals surface area contributed by atoms with E-state index >= 15 is 0 Å². The highest BCUT2D eigenvalue weighted by molar-refractivity contribution is 6.01. The quantitative estimate of drug-likeness (QED) is 0.941. The number of pyridine rings is 1. The van der Waals surface area contributed by atoms with Crippen LogP contribution in [0.15, 0.2) is 42.6 Å². The lowest BCUT2D eigenvalue weighted by atomic mass is 10.0. The third-order valence-corrected chi connectivity index (χ3v) is 2.43. The number of rotatable bonds is 3. The SMILES string of the molecule is NC(=O)c1c(OC(F)(F)F)ccnc1-c1ccccc1. The van der Waals surface area contributed by atoms with Gasteiger partial charge < -0.3 is 10.5 Å². The zero-order chi connectivity index (χ0) is 14.8. The van der Waals surface area contributed by atoms with E-state index in [0.717, 1.165) is 12.3 Å². The Morgan fingerprint density at radius 3 is 2.35 bits per heavy atom. The fourth-order valence-electron chi connectivity index (χ4n) is 1.71. The number of nitrogens with two attached hydrogens (primary N) is 1. The van der Waals surface area contributed by atoms with Crippen LogP contribution >= 0.6 is 0 Å². The van der Waals surface area contributed by atoms with Gasteiger partial charge in [-0.25, -0.2) is 0 Å². The minimum absolute atomic E-state index is 0.0415. The Balaban J connectivity index is 2.59. The van der Waals surface area contributed by atoms with E-state index in [9.17, 15) is 18.0 Å². The average molecular weight is 282 g/mol. The molecule has 0 fully saturated rings. The molecule has 2 rings (SSSR count). The zero-order valence-corrected chi connectivity index (χ0v) is 10.0. The molecule has 4 nitrogen and oxygen atoms in total. The van der Waals surface area contributed by atoms with Crippen LogP contribution in [0, 0.1) is 0 Å². The van der Waals surface area contributed by atoms with Gasteiger partial charge in [0.05, 0.1) is 5.69 Å². The van der Waals surface area contributed by atoms with Gasteiger partial charge in [-0.3, -0.25) is 9.78 Å². The first-order chi connectivity index (χ1) is 9.38. The van der Waals surface area contributed by atoms with E-state index in [0.29, 0.717) is 5.56 Å². The monoisotopic (exact) mass is 282 g/mol. The minimum atomic E-state index is -4.92. The topological polar surface area (TPSA) is 65.2 Å². The third-order valence-electron chi connectivity index (χ3n) is 2.43. The Bertz CT molecular complexity index is 627. The van der Waals surface area contributed by atoms with E-state index in [4.69, 9.17) is 5.73 Å². The third kappa shape index (κ3) is 3.05. The molecule has 2 aromatic rings. The summed E-state index contributed by atoms with van der Waals surface area (Å²) in [5.74, 6) is -1.71. The number of ether oxygens (including phenoxy) is 1. The fourth-order valence-corrected chi connectivity index (χ4v) is 1.71. The van der Waals surface area contributed by atoms with Gasteiger partial charge in [0, 0.05) is 11.8 Å². The van der Waals surface area contributed by atoms with Crippen molar-refractivity contribution < 1.29 is 22.7 Å². The van der Waals surface area contributed by atoms with Gasteiger partial charge in [-0.2, -0.15) is 0 Å². The number of aromatic nitrogens is 1. The van der Waals surface area contributed by atoms with Crippen molar-refractivity contribution in [2.45, 2.75) is 6.36 Å². The lowest BCUT2D eigenvalue weighted by Crippen LogP contribution is -2.22. The van der Waals surface area contributed by atoms with Gasteiger partial charge in [-0.15, -0.1) is 13.2 Å². The van der Waals surface area contributed by atoms with Crippen molar-refractivity contribution in [1.29, 1.82) is 0 Å². The standard InChI is InChI=1S/C13H9F3N2O2/c14-13(15,16)20-9-6-7-18-11(10(9)12(17)19)8-4-2-1-3-5-8/h1-7H,(H2,17,19). The van der Waals surface area contributed by atoms with Gasteiger partial charge in [0.1, 0.15) is 11.3 Å². The maximum atomic E-state index is 12.3. The second-order valence-electron chi connectivity index (χ2n) is 3.81. The summed E-state index contributed by atoms with van der Waals surface area (Å²) < 4.78 is 40.8. The van der Waals surface area contributed by atoms with Crippen LogP contribution in [0.2, 0.25) is 0 Å². The number of hydrogen-bond donors (Lipinski definition) is 1. The average Bonchev–Trinajstić information content (AvgIpc) is 2.37. The van der Waals surface area contributed by atoms with Crippen LogP contribution in [0.1, 0.15) is 10.4 Å². The number of benzene rings is 1. The van der Waals surface area contributed by atoms with Crippen molar-refractivity contribution in [2.75, 3.05) is 0 Å². The van der Waals surface area contributed by atoms with E-state index in [2.05, 4.69) is 9.72 Å². The van der Waals surface area contributed by atoms with Gasteiger partial charge in [-0.1, -0.05) is 30.3 Å².